The van der Waals surface area contributed by atoms with Crippen LogP contribution in [0.2, 0.25) is 0 Å². The highest BCUT2D eigenvalue weighted by molar-refractivity contribution is 6.17. The van der Waals surface area contributed by atoms with E-state index in [0.717, 1.165) is 0 Å². The van der Waals surface area contributed by atoms with E-state index in [2.05, 4.69) is 38.6 Å². The van der Waals surface area contributed by atoms with Crippen molar-refractivity contribution >= 4 is 15.8 Å². The molecule has 1 unspecified atom stereocenters. The Bertz CT molecular complexity index is 427. The molecule has 0 aromatic heterocycles. The monoisotopic (exact) mass is 200 g/mol. The van der Waals surface area contributed by atoms with Crippen LogP contribution in [-0.2, 0) is 0 Å². The van der Waals surface area contributed by atoms with Crippen LogP contribution in [0.25, 0.3) is 5.57 Å². The lowest BCUT2D eigenvalue weighted by molar-refractivity contribution is 1.18. The zero-order valence-electron chi connectivity index (χ0n) is 9.09. The molecule has 1 atom stereocenters. The van der Waals surface area contributed by atoms with Crippen molar-refractivity contribution in [3.8, 4) is 0 Å². The van der Waals surface area contributed by atoms with Crippen LogP contribution in [0.1, 0.15) is 29.2 Å². The van der Waals surface area contributed by atoms with Crippen molar-refractivity contribution in [2.75, 3.05) is 0 Å². The van der Waals surface area contributed by atoms with Gasteiger partial charge in [-0.3, -0.25) is 0 Å². The van der Waals surface area contributed by atoms with Crippen LogP contribution in [0.4, 0.5) is 0 Å². The molecule has 0 fully saturated rings. The van der Waals surface area contributed by atoms with E-state index in [9.17, 15) is 0 Å². The highest BCUT2D eigenvalue weighted by atomic mass is 28.1. The second-order valence-electron chi connectivity index (χ2n) is 4.05. The first kappa shape index (κ1) is 9.47. The van der Waals surface area contributed by atoms with Gasteiger partial charge in [0.25, 0.3) is 0 Å². The fourth-order valence-corrected chi connectivity index (χ4v) is 3.68. The number of benzene rings is 1. The van der Waals surface area contributed by atoms with E-state index < -0.39 is 0 Å². The summed E-state index contributed by atoms with van der Waals surface area (Å²) in [4.78, 5) is 0. The summed E-state index contributed by atoms with van der Waals surface area (Å²) in [5.74, 6) is 0. The minimum Gasteiger partial charge on any atom is -0.0988 e. The Morgan fingerprint density at radius 1 is 1.36 bits per heavy atom. The third-order valence-corrected chi connectivity index (χ3v) is 4.51. The van der Waals surface area contributed by atoms with Gasteiger partial charge < -0.3 is 0 Å². The fraction of sp³-hybridized carbons (Fsp3) is 0.231. The third kappa shape index (κ3) is 1.12. The Morgan fingerprint density at radius 2 is 2.07 bits per heavy atom. The van der Waals surface area contributed by atoms with Crippen LogP contribution in [0.3, 0.4) is 0 Å². The Kier molecular flexibility index (Phi) is 2.20. The first-order valence-electron chi connectivity index (χ1n) is 5.10. The van der Waals surface area contributed by atoms with E-state index in [1.165, 1.54) is 38.1 Å². The lowest BCUT2D eigenvalue weighted by Gasteiger charge is -2.08. The van der Waals surface area contributed by atoms with Crippen LogP contribution in [-0.4, -0.2) is 10.2 Å². The lowest BCUT2D eigenvalue weighted by atomic mass is 10.0. The standard InChI is InChI=1S/C13H16Si/c1-4-10-9(3)12-8(2)6-5-7-11(12)13(10)14/h4-7,13H,1H2,2-3,14H3. The van der Waals surface area contributed by atoms with Gasteiger partial charge in [0.1, 0.15) is 0 Å². The van der Waals surface area contributed by atoms with E-state index in [-0.39, 0.29) is 0 Å². The van der Waals surface area contributed by atoms with Crippen LogP contribution < -0.4 is 0 Å². The lowest BCUT2D eigenvalue weighted by Crippen LogP contribution is -1.96. The van der Waals surface area contributed by atoms with Crippen LogP contribution in [0.5, 0.6) is 0 Å². The van der Waals surface area contributed by atoms with E-state index >= 15 is 0 Å². The Hall–Kier alpha value is -1.08. The summed E-state index contributed by atoms with van der Waals surface area (Å²) in [5, 5.41) is 0. The van der Waals surface area contributed by atoms with E-state index in [1.807, 2.05) is 6.08 Å². The molecule has 14 heavy (non-hydrogen) atoms. The molecular weight excluding hydrogens is 184 g/mol. The van der Waals surface area contributed by atoms with Crippen molar-refractivity contribution in [3.63, 3.8) is 0 Å². The molecule has 0 nitrogen and oxygen atoms in total. The van der Waals surface area contributed by atoms with Gasteiger partial charge in [0.15, 0.2) is 0 Å². The van der Waals surface area contributed by atoms with Gasteiger partial charge >= 0.3 is 0 Å². The Morgan fingerprint density at radius 3 is 2.64 bits per heavy atom. The zero-order chi connectivity index (χ0) is 10.3. The highest BCUT2D eigenvalue weighted by Crippen LogP contribution is 2.41. The fourth-order valence-electron chi connectivity index (χ4n) is 2.53. The molecule has 0 N–H and O–H groups in total. The molecule has 72 valence electrons. The smallest absolute Gasteiger partial charge is 0.0179 e. The highest BCUT2D eigenvalue weighted by Gasteiger charge is 2.24. The number of aryl methyl sites for hydroxylation is 1. The molecule has 1 aromatic rings. The topological polar surface area (TPSA) is 0 Å². The van der Waals surface area contributed by atoms with Gasteiger partial charge in [-0.1, -0.05) is 30.9 Å². The molecule has 0 saturated heterocycles. The number of hydrogen-bond acceptors (Lipinski definition) is 0. The van der Waals surface area contributed by atoms with Crippen molar-refractivity contribution in [2.45, 2.75) is 19.4 Å². The normalized spacial score (nSPS) is 20.0. The van der Waals surface area contributed by atoms with E-state index in [1.54, 1.807) is 0 Å². The van der Waals surface area contributed by atoms with Crippen molar-refractivity contribution in [3.05, 3.63) is 53.1 Å². The molecule has 1 aliphatic carbocycles. The van der Waals surface area contributed by atoms with Gasteiger partial charge in [-0.2, -0.15) is 0 Å². The first-order chi connectivity index (χ1) is 6.66. The second kappa shape index (κ2) is 3.25. The average Bonchev–Trinajstić information content (AvgIpc) is 2.41. The summed E-state index contributed by atoms with van der Waals surface area (Å²) in [6.45, 7) is 8.34. The zero-order valence-corrected chi connectivity index (χ0v) is 11.1. The molecule has 0 saturated carbocycles. The van der Waals surface area contributed by atoms with Crippen molar-refractivity contribution in [2.24, 2.45) is 0 Å². The third-order valence-electron chi connectivity index (χ3n) is 3.27. The number of allylic oxidation sites excluding steroid dienone is 3. The van der Waals surface area contributed by atoms with Gasteiger partial charge in [-0.25, -0.2) is 0 Å². The molecule has 0 radical (unpaired) electrons. The summed E-state index contributed by atoms with van der Waals surface area (Å²) in [6, 6.07) is 6.63. The maximum atomic E-state index is 3.92. The van der Waals surface area contributed by atoms with E-state index in [4.69, 9.17) is 0 Å². The van der Waals surface area contributed by atoms with Gasteiger partial charge in [-0.15, -0.1) is 0 Å². The maximum absolute atomic E-state index is 3.92. The maximum Gasteiger partial charge on any atom is 0.0179 e. The summed E-state index contributed by atoms with van der Waals surface area (Å²) >= 11 is 0. The predicted molar refractivity (Wildman–Crippen MR) is 66.7 cm³/mol. The SMILES string of the molecule is C=CC1=C(C)c2c(C)cccc2C1[SiH3]. The summed E-state index contributed by atoms with van der Waals surface area (Å²) < 4.78 is 0. The molecule has 0 amide bonds. The van der Waals surface area contributed by atoms with Crippen molar-refractivity contribution in [1.29, 1.82) is 0 Å². The summed E-state index contributed by atoms with van der Waals surface area (Å²) in [7, 11) is 1.18. The number of hydrogen-bond donors (Lipinski definition) is 0. The van der Waals surface area contributed by atoms with Gasteiger partial charge in [0.05, 0.1) is 0 Å². The predicted octanol–water partition coefficient (Wildman–Crippen LogP) is 2.37. The van der Waals surface area contributed by atoms with Crippen molar-refractivity contribution < 1.29 is 0 Å². The Labute approximate surface area is 88.8 Å². The molecule has 0 aliphatic heterocycles. The van der Waals surface area contributed by atoms with Crippen LogP contribution in [0.15, 0.2) is 36.4 Å². The van der Waals surface area contributed by atoms with Gasteiger partial charge in [-0.05, 0) is 47.2 Å². The van der Waals surface area contributed by atoms with Crippen LogP contribution >= 0.6 is 0 Å². The minimum absolute atomic E-state index is 0.655. The summed E-state index contributed by atoms with van der Waals surface area (Å²) in [6.07, 6.45) is 2.03. The van der Waals surface area contributed by atoms with E-state index in [0.29, 0.717) is 5.54 Å². The molecule has 0 heterocycles. The number of fused-ring (bicyclic) bond motifs is 1. The Balaban J connectivity index is 2.71. The van der Waals surface area contributed by atoms with Crippen molar-refractivity contribution in [1.82, 2.24) is 0 Å². The van der Waals surface area contributed by atoms with Crippen LogP contribution in [0, 0.1) is 6.92 Å². The van der Waals surface area contributed by atoms with Gasteiger partial charge in [0.2, 0.25) is 0 Å². The average molecular weight is 200 g/mol. The second-order valence-corrected chi connectivity index (χ2v) is 5.20. The first-order valence-corrected chi connectivity index (χ1v) is 6.25. The largest absolute Gasteiger partial charge is 0.0988 e. The quantitative estimate of drug-likeness (QED) is 0.611. The summed E-state index contributed by atoms with van der Waals surface area (Å²) in [5.41, 5.74) is 7.93. The molecular formula is C13H16Si. The molecule has 2 rings (SSSR count). The van der Waals surface area contributed by atoms with Gasteiger partial charge in [0, 0.05) is 10.2 Å². The molecule has 0 bridgehead atoms. The molecule has 1 aromatic carbocycles. The molecule has 1 aliphatic rings. The minimum atomic E-state index is 0.655. The molecule has 1 heteroatoms. The molecule has 0 spiro atoms. The number of rotatable bonds is 1.